The van der Waals surface area contributed by atoms with E-state index in [2.05, 4.69) is 21.3 Å². The Kier molecular flexibility index (Phi) is 13.0. The lowest BCUT2D eigenvalue weighted by atomic mass is 9.80. The van der Waals surface area contributed by atoms with Crippen molar-refractivity contribution in [1.29, 1.82) is 0 Å². The standard InChI is InChI=1S/C36H54Cl2N6O6/c1-35(2,3)28(32(48)43-36(4,5)6)42-34(50)41-26(22-15-20-12-7-8-13-21(20)16-22)33(49)44-18-23(29(37)38)17-25(44)31(47)40-24(27(45)30(39)46)14-19-10-9-11-19/h7-8,12-13,19,22-26,28-29,34,41-42,50H,9-11,14-18H2,1-6H3,(H2,39,46)(H,40,47)(H,43,48)/t23-,24?,25+,26+,28-,34?/m1/s1. The van der Waals surface area contributed by atoms with Gasteiger partial charge in [0.2, 0.25) is 23.5 Å². The third kappa shape index (κ3) is 10.2. The van der Waals surface area contributed by atoms with Gasteiger partial charge in [-0.05, 0) is 74.8 Å². The molecule has 1 aromatic rings. The highest BCUT2D eigenvalue weighted by atomic mass is 35.5. The van der Waals surface area contributed by atoms with Gasteiger partial charge in [0.15, 0.2) is 6.35 Å². The molecule has 12 nitrogen and oxygen atoms in total. The van der Waals surface area contributed by atoms with E-state index in [1.54, 1.807) is 0 Å². The molecule has 2 unspecified atom stereocenters. The minimum Gasteiger partial charge on any atom is -0.365 e. The number of benzene rings is 1. The first-order valence-electron chi connectivity index (χ1n) is 17.6. The van der Waals surface area contributed by atoms with Crippen LogP contribution in [0.5, 0.6) is 0 Å². The molecule has 0 aromatic heterocycles. The van der Waals surface area contributed by atoms with Crippen molar-refractivity contribution in [2.45, 2.75) is 127 Å². The number of amides is 4. The summed E-state index contributed by atoms with van der Waals surface area (Å²) in [5.41, 5.74) is 6.37. The third-order valence-corrected chi connectivity index (χ3v) is 10.8. The van der Waals surface area contributed by atoms with E-state index in [1.165, 1.54) is 4.90 Å². The van der Waals surface area contributed by atoms with Crippen LogP contribution in [0, 0.1) is 23.2 Å². The van der Waals surface area contributed by atoms with E-state index in [-0.39, 0.29) is 37.1 Å². The number of hydrogen-bond acceptors (Lipinski definition) is 8. The SMILES string of the molecule is CC(C)(C)NC(=O)[C@@H](NC(O)N[C@H](C(=O)N1C[C@H](C(Cl)Cl)C[C@H]1C(=O)NC(CC1CCC1)C(=O)C(N)=O)C1Cc2ccccc2C1)C(C)(C)C. The van der Waals surface area contributed by atoms with Crippen LogP contribution in [0.2, 0.25) is 0 Å². The van der Waals surface area contributed by atoms with Crippen molar-refractivity contribution in [3.8, 4) is 0 Å². The van der Waals surface area contributed by atoms with E-state index in [9.17, 15) is 29.1 Å². The van der Waals surface area contributed by atoms with Crippen molar-refractivity contribution >= 4 is 52.6 Å². The highest BCUT2D eigenvalue weighted by molar-refractivity contribution is 6.44. The maximum atomic E-state index is 14.7. The number of nitrogens with zero attached hydrogens (tertiary/aromatic N) is 1. The number of primary amides is 1. The van der Waals surface area contributed by atoms with E-state index >= 15 is 0 Å². The van der Waals surface area contributed by atoms with Gasteiger partial charge in [0.05, 0.1) is 18.1 Å². The van der Waals surface area contributed by atoms with Crippen molar-refractivity contribution < 1.29 is 29.1 Å². The zero-order valence-corrected chi connectivity index (χ0v) is 31.4. The highest BCUT2D eigenvalue weighted by Crippen LogP contribution is 2.35. The van der Waals surface area contributed by atoms with Crippen LogP contribution in [-0.4, -0.2) is 86.9 Å². The second-order valence-electron chi connectivity index (χ2n) is 16.3. The minimum absolute atomic E-state index is 0.0611. The summed E-state index contributed by atoms with van der Waals surface area (Å²) in [5.74, 6) is -3.96. The fraction of sp³-hybridized carbons (Fsp3) is 0.694. The number of likely N-dealkylation sites (tertiary alicyclic amines) is 1. The molecular formula is C36H54Cl2N6O6. The summed E-state index contributed by atoms with van der Waals surface area (Å²) in [4.78, 5) is 67.2. The van der Waals surface area contributed by atoms with Gasteiger partial charge in [-0.2, -0.15) is 0 Å². The number of aliphatic hydroxyl groups is 1. The second kappa shape index (κ2) is 16.3. The third-order valence-electron chi connectivity index (χ3n) is 10.1. The van der Waals surface area contributed by atoms with Crippen molar-refractivity contribution in [3.63, 3.8) is 0 Å². The lowest BCUT2D eigenvalue weighted by molar-refractivity contribution is -0.144. The number of alkyl halides is 2. The molecule has 0 spiro atoms. The van der Waals surface area contributed by atoms with Gasteiger partial charge in [-0.1, -0.05) is 64.3 Å². The van der Waals surface area contributed by atoms with Crippen molar-refractivity contribution in [2.24, 2.45) is 28.9 Å². The van der Waals surface area contributed by atoms with Gasteiger partial charge >= 0.3 is 0 Å². The topological polar surface area (TPSA) is 183 Å². The minimum atomic E-state index is -1.48. The van der Waals surface area contributed by atoms with Gasteiger partial charge in [0.1, 0.15) is 10.9 Å². The molecule has 2 aliphatic carbocycles. The van der Waals surface area contributed by atoms with Gasteiger partial charge in [-0.15, -0.1) is 23.2 Å². The van der Waals surface area contributed by atoms with E-state index in [4.69, 9.17) is 28.9 Å². The molecule has 1 aromatic carbocycles. The molecule has 6 atom stereocenters. The molecule has 1 aliphatic heterocycles. The predicted octanol–water partition coefficient (Wildman–Crippen LogP) is 2.30. The first kappa shape index (κ1) is 40.0. The molecule has 4 rings (SSSR count). The Morgan fingerprint density at radius 1 is 0.960 bits per heavy atom. The zero-order chi connectivity index (χ0) is 37.1. The van der Waals surface area contributed by atoms with Crippen molar-refractivity contribution in [1.82, 2.24) is 26.2 Å². The molecule has 1 heterocycles. The van der Waals surface area contributed by atoms with Crippen LogP contribution >= 0.6 is 23.2 Å². The molecule has 3 aliphatic rings. The summed E-state index contributed by atoms with van der Waals surface area (Å²) in [6, 6.07) is 3.89. The molecule has 4 amide bonds. The summed E-state index contributed by atoms with van der Waals surface area (Å²) in [6.45, 7) is 11.3. The molecule has 0 bridgehead atoms. The number of halogens is 2. The van der Waals surface area contributed by atoms with E-state index in [0.29, 0.717) is 12.8 Å². The largest absolute Gasteiger partial charge is 0.365 e. The smallest absolute Gasteiger partial charge is 0.287 e. The number of carbonyl (C=O) groups is 5. The number of carbonyl (C=O) groups excluding carboxylic acids is 5. The number of hydrogen-bond donors (Lipinski definition) is 6. The quantitative estimate of drug-likeness (QED) is 0.0956. The number of fused-ring (bicyclic) bond motifs is 1. The molecule has 1 saturated heterocycles. The molecule has 278 valence electrons. The summed E-state index contributed by atoms with van der Waals surface area (Å²) < 4.78 is 0. The molecular weight excluding hydrogens is 683 g/mol. The molecule has 2 fully saturated rings. The Bertz CT molecular complexity index is 1400. The molecule has 50 heavy (non-hydrogen) atoms. The Labute approximate surface area is 305 Å². The molecule has 0 radical (unpaired) electrons. The molecule has 14 heteroatoms. The average molecular weight is 738 g/mol. The Hall–Kier alpha value is -2.77. The lowest BCUT2D eigenvalue weighted by Gasteiger charge is -2.37. The van der Waals surface area contributed by atoms with Gasteiger partial charge in [0.25, 0.3) is 5.91 Å². The Morgan fingerprint density at radius 3 is 2.04 bits per heavy atom. The maximum absolute atomic E-state index is 14.7. The number of nitrogens with two attached hydrogens (primary N) is 1. The average Bonchev–Trinajstić information content (AvgIpc) is 3.63. The number of aliphatic hydroxyl groups excluding tert-OH is 1. The lowest BCUT2D eigenvalue weighted by Crippen LogP contribution is -2.64. The summed E-state index contributed by atoms with van der Waals surface area (Å²) in [6.07, 6.45) is 2.79. The number of rotatable bonds is 14. The zero-order valence-electron chi connectivity index (χ0n) is 29.9. The number of Topliss-reactive ketones (excluding diaryl/α,β-unsaturated/α-hetero) is 1. The van der Waals surface area contributed by atoms with Crippen LogP contribution in [0.25, 0.3) is 0 Å². The van der Waals surface area contributed by atoms with E-state index < -0.39 is 75.7 Å². The van der Waals surface area contributed by atoms with Crippen LogP contribution in [0.3, 0.4) is 0 Å². The fourth-order valence-corrected chi connectivity index (χ4v) is 7.59. The summed E-state index contributed by atoms with van der Waals surface area (Å²) >= 11 is 12.6. The molecule has 7 N–H and O–H groups in total. The first-order chi connectivity index (χ1) is 23.2. The van der Waals surface area contributed by atoms with Crippen LogP contribution in [0.4, 0.5) is 0 Å². The second-order valence-corrected chi connectivity index (χ2v) is 17.5. The maximum Gasteiger partial charge on any atom is 0.287 e. The fourth-order valence-electron chi connectivity index (χ4n) is 7.23. The molecule has 1 saturated carbocycles. The number of nitrogens with one attached hydrogen (secondary N) is 4. The van der Waals surface area contributed by atoms with E-state index in [0.717, 1.165) is 30.4 Å². The van der Waals surface area contributed by atoms with Gasteiger partial charge < -0.3 is 26.4 Å². The predicted molar refractivity (Wildman–Crippen MR) is 192 cm³/mol. The summed E-state index contributed by atoms with van der Waals surface area (Å²) in [7, 11) is 0. The summed E-state index contributed by atoms with van der Waals surface area (Å²) in [5, 5.41) is 23.2. The van der Waals surface area contributed by atoms with Crippen molar-refractivity contribution in [3.05, 3.63) is 35.4 Å². The van der Waals surface area contributed by atoms with Crippen molar-refractivity contribution in [2.75, 3.05) is 6.54 Å². The highest BCUT2D eigenvalue weighted by Gasteiger charge is 2.47. The number of ketones is 1. The van der Waals surface area contributed by atoms with Gasteiger partial charge in [-0.25, -0.2) is 0 Å². The Morgan fingerprint density at radius 2 is 1.56 bits per heavy atom. The van der Waals surface area contributed by atoms with Crippen LogP contribution < -0.4 is 27.0 Å². The Balaban J connectivity index is 1.61. The van der Waals surface area contributed by atoms with Crippen LogP contribution in [-0.2, 0) is 36.8 Å². The van der Waals surface area contributed by atoms with E-state index in [1.807, 2.05) is 65.8 Å². The van der Waals surface area contributed by atoms with Gasteiger partial charge in [-0.3, -0.25) is 34.6 Å². The van der Waals surface area contributed by atoms with Crippen LogP contribution in [0.15, 0.2) is 24.3 Å². The first-order valence-corrected chi connectivity index (χ1v) is 18.4. The normalized spacial score (nSPS) is 22.3. The monoisotopic (exact) mass is 736 g/mol. The van der Waals surface area contributed by atoms with Crippen LogP contribution in [0.1, 0.15) is 84.8 Å². The van der Waals surface area contributed by atoms with Gasteiger partial charge in [0, 0.05) is 18.0 Å².